The van der Waals surface area contributed by atoms with Gasteiger partial charge in [-0.05, 0) is 11.5 Å². The fraction of sp³-hybridized carbons (Fsp3) is 0.333. The van der Waals surface area contributed by atoms with Gasteiger partial charge in [-0.25, -0.2) is 0 Å². The minimum Gasteiger partial charge on any atom is -0.264 e. The molecule has 0 unspecified atom stereocenters. The van der Waals surface area contributed by atoms with Crippen LogP contribution in [0.5, 0.6) is 0 Å². The molecule has 5 nitrogen and oxygen atoms in total. The summed E-state index contributed by atoms with van der Waals surface area (Å²) in [6.45, 7) is -0.226. The Labute approximate surface area is 54.6 Å². The number of nitro groups is 1. The second-order valence-corrected chi connectivity index (χ2v) is 2.00. The predicted molar refractivity (Wildman–Crippen MR) is 30.6 cm³/mol. The van der Waals surface area contributed by atoms with E-state index >= 15 is 0 Å². The van der Waals surface area contributed by atoms with Crippen LogP contribution < -0.4 is 0 Å². The molecule has 0 saturated carbocycles. The largest absolute Gasteiger partial charge is 0.264 e. The van der Waals surface area contributed by atoms with Gasteiger partial charge in [-0.3, -0.25) is 10.1 Å². The van der Waals surface area contributed by atoms with Gasteiger partial charge >= 0.3 is 0 Å². The van der Waals surface area contributed by atoms with Gasteiger partial charge in [-0.2, -0.15) is 0 Å². The molecular formula is C3H3N3O2S. The van der Waals surface area contributed by atoms with E-state index in [1.807, 2.05) is 0 Å². The summed E-state index contributed by atoms with van der Waals surface area (Å²) in [6.07, 6.45) is 0. The third-order valence-corrected chi connectivity index (χ3v) is 1.25. The summed E-state index contributed by atoms with van der Waals surface area (Å²) in [4.78, 5) is 9.38. The van der Waals surface area contributed by atoms with E-state index in [-0.39, 0.29) is 6.54 Å². The fourth-order valence-electron chi connectivity index (χ4n) is 0.385. The first-order valence-electron chi connectivity index (χ1n) is 2.17. The maximum Gasteiger partial charge on any atom is 0.248 e. The van der Waals surface area contributed by atoms with E-state index < -0.39 is 4.92 Å². The molecule has 1 rings (SSSR count). The van der Waals surface area contributed by atoms with Crippen LogP contribution in [0, 0.1) is 10.1 Å². The molecule has 1 aromatic heterocycles. The van der Waals surface area contributed by atoms with Crippen LogP contribution in [-0.2, 0) is 6.54 Å². The van der Waals surface area contributed by atoms with E-state index in [2.05, 4.69) is 9.59 Å². The van der Waals surface area contributed by atoms with Crippen LogP contribution in [0.1, 0.15) is 5.69 Å². The van der Waals surface area contributed by atoms with Crippen molar-refractivity contribution in [1.29, 1.82) is 0 Å². The number of aromatic nitrogens is 2. The highest BCUT2D eigenvalue weighted by molar-refractivity contribution is 7.03. The summed E-state index contributed by atoms with van der Waals surface area (Å²) in [5, 5.41) is 14.9. The second kappa shape index (κ2) is 2.49. The van der Waals surface area contributed by atoms with Crippen LogP contribution in [0.25, 0.3) is 0 Å². The molecule has 0 spiro atoms. The van der Waals surface area contributed by atoms with E-state index in [1.165, 1.54) is 0 Å². The van der Waals surface area contributed by atoms with Crippen molar-refractivity contribution < 1.29 is 4.92 Å². The molecule has 0 N–H and O–H groups in total. The molecule has 0 aromatic carbocycles. The van der Waals surface area contributed by atoms with Crippen LogP contribution in [0.3, 0.4) is 0 Å². The van der Waals surface area contributed by atoms with Gasteiger partial charge < -0.3 is 0 Å². The van der Waals surface area contributed by atoms with Gasteiger partial charge in [0.1, 0.15) is 5.69 Å². The van der Waals surface area contributed by atoms with Crippen LogP contribution in [0.2, 0.25) is 0 Å². The highest BCUT2D eigenvalue weighted by Gasteiger charge is 2.02. The van der Waals surface area contributed by atoms with E-state index in [4.69, 9.17) is 0 Å². The zero-order valence-corrected chi connectivity index (χ0v) is 5.17. The van der Waals surface area contributed by atoms with E-state index in [0.29, 0.717) is 5.69 Å². The molecule has 48 valence electrons. The summed E-state index contributed by atoms with van der Waals surface area (Å²) in [5.74, 6) is 0. The lowest BCUT2D eigenvalue weighted by molar-refractivity contribution is -0.497. The predicted octanol–water partition coefficient (Wildman–Crippen LogP) is 0.315. The Bertz CT molecular complexity index is 197. The summed E-state index contributed by atoms with van der Waals surface area (Å²) in [5.41, 5.74) is 0.421. The van der Waals surface area contributed by atoms with E-state index in [1.54, 1.807) is 5.38 Å². The molecule has 0 atom stereocenters. The van der Waals surface area contributed by atoms with Crippen molar-refractivity contribution in [3.05, 3.63) is 21.2 Å². The van der Waals surface area contributed by atoms with Crippen molar-refractivity contribution in [3.63, 3.8) is 0 Å². The Kier molecular flexibility index (Phi) is 1.69. The van der Waals surface area contributed by atoms with E-state index in [0.717, 1.165) is 11.5 Å². The van der Waals surface area contributed by atoms with Crippen LogP contribution in [0.15, 0.2) is 5.38 Å². The molecule has 0 aliphatic rings. The molecule has 0 saturated heterocycles. The third kappa shape index (κ3) is 1.73. The van der Waals surface area contributed by atoms with Gasteiger partial charge in [0, 0.05) is 10.3 Å². The van der Waals surface area contributed by atoms with E-state index in [9.17, 15) is 10.1 Å². The highest BCUT2D eigenvalue weighted by Crippen LogP contribution is 1.96. The summed E-state index contributed by atoms with van der Waals surface area (Å²) in [6, 6.07) is 0. The SMILES string of the molecule is O=[N+]([O-])Cc1csnn1. The molecule has 1 heterocycles. The first-order valence-corrected chi connectivity index (χ1v) is 3.00. The highest BCUT2D eigenvalue weighted by atomic mass is 32.1. The average Bonchev–Trinajstić information content (AvgIpc) is 2.15. The van der Waals surface area contributed by atoms with Crippen molar-refractivity contribution in [2.45, 2.75) is 6.54 Å². The Balaban J connectivity index is 2.58. The van der Waals surface area contributed by atoms with Crippen molar-refractivity contribution in [3.8, 4) is 0 Å². The van der Waals surface area contributed by atoms with Crippen molar-refractivity contribution in [1.82, 2.24) is 9.59 Å². The minimum atomic E-state index is -0.434. The lowest BCUT2D eigenvalue weighted by Gasteiger charge is -1.82. The average molecular weight is 145 g/mol. The van der Waals surface area contributed by atoms with Gasteiger partial charge in [0.2, 0.25) is 6.54 Å². The Morgan fingerprint density at radius 1 is 1.89 bits per heavy atom. The smallest absolute Gasteiger partial charge is 0.248 e. The topological polar surface area (TPSA) is 68.9 Å². The summed E-state index contributed by atoms with van der Waals surface area (Å²) >= 11 is 1.12. The standard InChI is InChI=1S/C3H3N3O2S/c7-6(8)1-3-2-9-5-4-3/h2H,1H2. The molecule has 0 amide bonds. The number of hydrogen-bond donors (Lipinski definition) is 0. The Morgan fingerprint density at radius 3 is 3.11 bits per heavy atom. The van der Waals surface area contributed by atoms with Crippen molar-refractivity contribution in [2.24, 2.45) is 0 Å². The molecule has 9 heavy (non-hydrogen) atoms. The summed E-state index contributed by atoms with van der Waals surface area (Å²) in [7, 11) is 0. The van der Waals surface area contributed by atoms with Gasteiger partial charge in [0.05, 0.1) is 0 Å². The molecule has 0 bridgehead atoms. The van der Waals surface area contributed by atoms with Gasteiger partial charge in [-0.1, -0.05) is 4.49 Å². The summed E-state index contributed by atoms with van der Waals surface area (Å²) < 4.78 is 3.46. The van der Waals surface area contributed by atoms with Gasteiger partial charge in [0.15, 0.2) is 0 Å². The van der Waals surface area contributed by atoms with Crippen molar-refractivity contribution >= 4 is 11.5 Å². The Morgan fingerprint density at radius 2 is 2.67 bits per heavy atom. The Hall–Kier alpha value is -1.04. The molecule has 0 aliphatic carbocycles. The first-order chi connectivity index (χ1) is 4.29. The second-order valence-electron chi connectivity index (χ2n) is 1.39. The molecule has 0 aliphatic heterocycles. The number of nitrogens with zero attached hydrogens (tertiary/aromatic N) is 3. The molecule has 1 aromatic rings. The number of rotatable bonds is 2. The molecular weight excluding hydrogens is 142 g/mol. The van der Waals surface area contributed by atoms with Crippen LogP contribution >= 0.6 is 11.5 Å². The zero-order chi connectivity index (χ0) is 6.69. The first kappa shape index (κ1) is 6.09. The lowest BCUT2D eigenvalue weighted by Crippen LogP contribution is -1.97. The van der Waals surface area contributed by atoms with Crippen LogP contribution in [-0.4, -0.2) is 14.5 Å². The van der Waals surface area contributed by atoms with Crippen LogP contribution in [0.4, 0.5) is 0 Å². The number of hydrogen-bond acceptors (Lipinski definition) is 5. The van der Waals surface area contributed by atoms with Gasteiger partial charge in [-0.15, -0.1) is 5.10 Å². The maximum atomic E-state index is 9.81. The molecule has 6 heteroatoms. The normalized spacial score (nSPS) is 9.33. The lowest BCUT2D eigenvalue weighted by atomic mass is 10.5. The fourth-order valence-corrected chi connectivity index (χ4v) is 0.828. The quantitative estimate of drug-likeness (QED) is 0.443. The molecule has 0 fully saturated rings. The minimum absolute atomic E-state index is 0.226. The maximum absolute atomic E-state index is 9.81. The van der Waals surface area contributed by atoms with Crippen molar-refractivity contribution in [2.75, 3.05) is 0 Å². The molecule has 0 radical (unpaired) electrons. The third-order valence-electron chi connectivity index (χ3n) is 0.696. The van der Waals surface area contributed by atoms with Gasteiger partial charge in [0.25, 0.3) is 0 Å². The zero-order valence-electron chi connectivity index (χ0n) is 4.35. The monoisotopic (exact) mass is 145 g/mol.